The summed E-state index contributed by atoms with van der Waals surface area (Å²) in [5, 5.41) is 14.8. The molecular weight excluding hydrogens is 278 g/mol. The van der Waals surface area contributed by atoms with Crippen LogP contribution in [0.15, 0.2) is 48.5 Å². The SMILES string of the molecule is Cc1cccc([N+](=O)[O-])c1N1CCC(Nc2ccccc2)C1. The standard InChI is InChI=1S/C17H19N3O2/c1-13-6-5-9-16(20(21)22)17(13)19-11-10-15(12-19)18-14-7-3-2-4-8-14/h2-9,15,18H,10-12H2,1H3. The number of hydrogen-bond donors (Lipinski definition) is 1. The maximum atomic E-state index is 11.3. The summed E-state index contributed by atoms with van der Waals surface area (Å²) in [4.78, 5) is 13.1. The van der Waals surface area contributed by atoms with Crippen LogP contribution in [0.2, 0.25) is 0 Å². The maximum Gasteiger partial charge on any atom is 0.292 e. The Labute approximate surface area is 129 Å². The zero-order valence-corrected chi connectivity index (χ0v) is 12.5. The van der Waals surface area contributed by atoms with Gasteiger partial charge in [0.05, 0.1) is 4.92 Å². The molecule has 3 rings (SSSR count). The van der Waals surface area contributed by atoms with Gasteiger partial charge in [-0.1, -0.05) is 30.3 Å². The van der Waals surface area contributed by atoms with Crippen LogP contribution in [0.4, 0.5) is 17.1 Å². The number of nitro groups is 1. The number of benzene rings is 2. The molecule has 5 nitrogen and oxygen atoms in total. The van der Waals surface area contributed by atoms with Crippen LogP contribution in [0.5, 0.6) is 0 Å². The highest BCUT2D eigenvalue weighted by atomic mass is 16.6. The minimum atomic E-state index is -0.291. The van der Waals surface area contributed by atoms with E-state index >= 15 is 0 Å². The molecule has 1 unspecified atom stereocenters. The summed E-state index contributed by atoms with van der Waals surface area (Å²) in [5.74, 6) is 0. The molecule has 1 heterocycles. The highest BCUT2D eigenvalue weighted by Gasteiger charge is 2.28. The van der Waals surface area contributed by atoms with Crippen molar-refractivity contribution < 1.29 is 4.92 Å². The predicted molar refractivity (Wildman–Crippen MR) is 88.5 cm³/mol. The van der Waals surface area contributed by atoms with E-state index in [1.165, 1.54) is 0 Å². The van der Waals surface area contributed by atoms with Gasteiger partial charge in [0.25, 0.3) is 5.69 Å². The fourth-order valence-electron chi connectivity index (χ4n) is 3.05. The zero-order chi connectivity index (χ0) is 15.5. The monoisotopic (exact) mass is 297 g/mol. The van der Waals surface area contributed by atoms with Gasteiger partial charge in [-0.2, -0.15) is 0 Å². The first-order valence-corrected chi connectivity index (χ1v) is 7.45. The molecule has 2 aromatic carbocycles. The molecule has 1 atom stereocenters. The lowest BCUT2D eigenvalue weighted by Crippen LogP contribution is -2.27. The summed E-state index contributed by atoms with van der Waals surface area (Å²) in [6.45, 7) is 3.54. The number of nitrogens with zero attached hydrogens (tertiary/aromatic N) is 2. The van der Waals surface area contributed by atoms with E-state index in [-0.39, 0.29) is 10.6 Å². The van der Waals surface area contributed by atoms with Crippen LogP contribution in [-0.2, 0) is 0 Å². The van der Waals surface area contributed by atoms with Crippen LogP contribution in [-0.4, -0.2) is 24.1 Å². The molecule has 0 aromatic heterocycles. The van der Waals surface area contributed by atoms with Crippen molar-refractivity contribution in [2.24, 2.45) is 0 Å². The number of anilines is 2. The summed E-state index contributed by atoms with van der Waals surface area (Å²) in [5.41, 5.74) is 2.99. The Bertz CT molecular complexity index is 673. The summed E-state index contributed by atoms with van der Waals surface area (Å²) < 4.78 is 0. The Morgan fingerprint density at radius 3 is 2.68 bits per heavy atom. The molecule has 0 bridgehead atoms. The predicted octanol–water partition coefficient (Wildman–Crippen LogP) is 3.59. The zero-order valence-electron chi connectivity index (χ0n) is 12.5. The van der Waals surface area contributed by atoms with E-state index in [9.17, 15) is 10.1 Å². The number of nitro benzene ring substituents is 1. The molecule has 1 fully saturated rings. The largest absolute Gasteiger partial charge is 0.380 e. The van der Waals surface area contributed by atoms with Crippen LogP contribution >= 0.6 is 0 Å². The third-order valence-electron chi connectivity index (χ3n) is 4.06. The van der Waals surface area contributed by atoms with Crippen molar-refractivity contribution in [3.63, 3.8) is 0 Å². The number of aryl methyl sites for hydroxylation is 1. The first-order chi connectivity index (χ1) is 10.6. The second kappa shape index (κ2) is 6.05. The lowest BCUT2D eigenvalue weighted by Gasteiger charge is -2.21. The maximum absolute atomic E-state index is 11.3. The summed E-state index contributed by atoms with van der Waals surface area (Å²) >= 11 is 0. The van der Waals surface area contributed by atoms with Crippen LogP contribution in [0, 0.1) is 17.0 Å². The third-order valence-corrected chi connectivity index (χ3v) is 4.06. The van der Waals surface area contributed by atoms with Gasteiger partial charge in [-0.3, -0.25) is 10.1 Å². The van der Waals surface area contributed by atoms with Gasteiger partial charge in [0, 0.05) is 30.9 Å². The molecule has 1 aliphatic rings. The van der Waals surface area contributed by atoms with Crippen molar-refractivity contribution in [2.45, 2.75) is 19.4 Å². The minimum absolute atomic E-state index is 0.195. The second-order valence-corrected chi connectivity index (χ2v) is 5.64. The molecule has 0 saturated carbocycles. The van der Waals surface area contributed by atoms with E-state index in [0.29, 0.717) is 6.04 Å². The van der Waals surface area contributed by atoms with Crippen LogP contribution in [0.25, 0.3) is 0 Å². The molecule has 22 heavy (non-hydrogen) atoms. The van der Waals surface area contributed by atoms with E-state index < -0.39 is 0 Å². The number of hydrogen-bond acceptors (Lipinski definition) is 4. The second-order valence-electron chi connectivity index (χ2n) is 5.64. The topological polar surface area (TPSA) is 58.4 Å². The Hall–Kier alpha value is -2.56. The molecule has 5 heteroatoms. The van der Waals surface area contributed by atoms with Gasteiger partial charge in [0.15, 0.2) is 0 Å². The van der Waals surface area contributed by atoms with Gasteiger partial charge in [-0.15, -0.1) is 0 Å². The lowest BCUT2D eigenvalue weighted by molar-refractivity contribution is -0.384. The Morgan fingerprint density at radius 1 is 1.18 bits per heavy atom. The molecule has 0 amide bonds. The summed E-state index contributed by atoms with van der Waals surface area (Å²) in [6, 6.07) is 15.6. The molecule has 2 aromatic rings. The smallest absolute Gasteiger partial charge is 0.292 e. The highest BCUT2D eigenvalue weighted by Crippen LogP contribution is 2.34. The van der Waals surface area contributed by atoms with Gasteiger partial charge in [-0.25, -0.2) is 0 Å². The van der Waals surface area contributed by atoms with Gasteiger partial charge >= 0.3 is 0 Å². The average Bonchev–Trinajstić information content (AvgIpc) is 2.96. The number of rotatable bonds is 4. The number of nitrogens with one attached hydrogen (secondary N) is 1. The van der Waals surface area contributed by atoms with Crippen molar-refractivity contribution in [1.82, 2.24) is 0 Å². The Morgan fingerprint density at radius 2 is 1.95 bits per heavy atom. The lowest BCUT2D eigenvalue weighted by atomic mass is 10.1. The van der Waals surface area contributed by atoms with Crippen molar-refractivity contribution in [3.05, 3.63) is 64.2 Å². The van der Waals surface area contributed by atoms with Crippen LogP contribution in [0.1, 0.15) is 12.0 Å². The fraction of sp³-hybridized carbons (Fsp3) is 0.294. The minimum Gasteiger partial charge on any atom is -0.380 e. The van der Waals surface area contributed by atoms with Gasteiger partial charge in [0.1, 0.15) is 5.69 Å². The van der Waals surface area contributed by atoms with Crippen molar-refractivity contribution in [1.29, 1.82) is 0 Å². The quantitative estimate of drug-likeness (QED) is 0.692. The van der Waals surface area contributed by atoms with Crippen molar-refractivity contribution in [3.8, 4) is 0 Å². The van der Waals surface area contributed by atoms with E-state index in [4.69, 9.17) is 0 Å². The van der Waals surface area contributed by atoms with Crippen molar-refractivity contribution >= 4 is 17.1 Å². The van der Waals surface area contributed by atoms with Crippen LogP contribution < -0.4 is 10.2 Å². The molecule has 1 aliphatic heterocycles. The Balaban J connectivity index is 1.77. The normalized spacial score (nSPS) is 17.5. The third kappa shape index (κ3) is 2.88. The van der Waals surface area contributed by atoms with E-state index in [1.807, 2.05) is 43.3 Å². The molecule has 114 valence electrons. The highest BCUT2D eigenvalue weighted by molar-refractivity contribution is 5.68. The van der Waals surface area contributed by atoms with Crippen LogP contribution in [0.3, 0.4) is 0 Å². The van der Waals surface area contributed by atoms with E-state index in [2.05, 4.69) is 10.2 Å². The first kappa shape index (κ1) is 14.4. The fourth-order valence-corrected chi connectivity index (χ4v) is 3.05. The molecule has 0 spiro atoms. The Kier molecular flexibility index (Phi) is 3.96. The molecule has 1 saturated heterocycles. The molecule has 0 radical (unpaired) electrons. The van der Waals surface area contributed by atoms with E-state index in [0.717, 1.165) is 36.4 Å². The van der Waals surface area contributed by atoms with Crippen molar-refractivity contribution in [2.75, 3.05) is 23.3 Å². The van der Waals surface area contributed by atoms with E-state index in [1.54, 1.807) is 12.1 Å². The van der Waals surface area contributed by atoms with Gasteiger partial charge < -0.3 is 10.2 Å². The number of para-hydroxylation sites is 2. The summed E-state index contributed by atoms with van der Waals surface area (Å²) in [7, 11) is 0. The molecular formula is C17H19N3O2. The summed E-state index contributed by atoms with van der Waals surface area (Å²) in [6.07, 6.45) is 0.973. The first-order valence-electron chi connectivity index (χ1n) is 7.45. The van der Waals surface area contributed by atoms with Gasteiger partial charge in [-0.05, 0) is 31.0 Å². The molecule has 0 aliphatic carbocycles. The van der Waals surface area contributed by atoms with Gasteiger partial charge in [0.2, 0.25) is 0 Å². The average molecular weight is 297 g/mol. The molecule has 1 N–H and O–H groups in total.